The molecule has 3 aliphatic rings. The Morgan fingerprint density at radius 1 is 1.27 bits per heavy atom. The van der Waals surface area contributed by atoms with Gasteiger partial charge >= 0.3 is 5.97 Å². The van der Waals surface area contributed by atoms with E-state index in [2.05, 4.69) is 6.58 Å². The van der Waals surface area contributed by atoms with Crippen LogP contribution in [0.25, 0.3) is 0 Å². The van der Waals surface area contributed by atoms with Gasteiger partial charge in [0, 0.05) is 12.2 Å². The molecule has 4 rings (SSSR count). The molecular formula is C29H40N2O6. The van der Waals surface area contributed by atoms with Crippen LogP contribution in [0, 0.1) is 25.7 Å². The third kappa shape index (κ3) is 3.91. The minimum absolute atomic E-state index is 0.197. The number of benzene rings is 1. The lowest BCUT2D eigenvalue weighted by molar-refractivity contribution is -0.161. The van der Waals surface area contributed by atoms with E-state index in [1.165, 1.54) is 4.90 Å². The lowest BCUT2D eigenvalue weighted by Gasteiger charge is -2.40. The number of nitrogens with zero attached hydrogens (tertiary/aromatic N) is 2. The summed E-state index contributed by atoms with van der Waals surface area (Å²) < 4.78 is 12.2. The molecule has 0 radical (unpaired) electrons. The predicted molar refractivity (Wildman–Crippen MR) is 140 cm³/mol. The molecule has 6 atom stereocenters. The Bertz CT molecular complexity index is 1060. The van der Waals surface area contributed by atoms with Crippen molar-refractivity contribution < 1.29 is 29.0 Å². The van der Waals surface area contributed by atoms with Crippen LogP contribution in [0.3, 0.4) is 0 Å². The highest BCUT2D eigenvalue weighted by atomic mass is 16.6. The van der Waals surface area contributed by atoms with Gasteiger partial charge < -0.3 is 24.4 Å². The molecular weight excluding hydrogens is 472 g/mol. The summed E-state index contributed by atoms with van der Waals surface area (Å²) in [5.41, 5.74) is 0.623. The van der Waals surface area contributed by atoms with Gasteiger partial charge in [0.2, 0.25) is 5.91 Å². The molecule has 0 aliphatic carbocycles. The molecule has 3 heterocycles. The second-order valence-electron chi connectivity index (χ2n) is 10.6. The van der Waals surface area contributed by atoms with Crippen LogP contribution in [0.1, 0.15) is 57.6 Å². The Morgan fingerprint density at radius 2 is 1.95 bits per heavy atom. The molecule has 2 bridgehead atoms. The number of hydrogen-bond donors (Lipinski definition) is 1. The summed E-state index contributed by atoms with van der Waals surface area (Å²) in [5.74, 6) is -2.67. The maximum atomic E-state index is 14.7. The molecule has 2 amide bonds. The zero-order valence-electron chi connectivity index (χ0n) is 22.7. The van der Waals surface area contributed by atoms with E-state index < -0.39 is 41.1 Å². The van der Waals surface area contributed by atoms with Crippen LogP contribution in [-0.2, 0) is 23.9 Å². The number of rotatable bonds is 10. The van der Waals surface area contributed by atoms with Crippen molar-refractivity contribution in [2.45, 2.75) is 83.6 Å². The van der Waals surface area contributed by atoms with Gasteiger partial charge in [-0.05, 0) is 57.6 Å². The second kappa shape index (κ2) is 10.2. The highest BCUT2D eigenvalue weighted by Gasteiger charge is 2.79. The van der Waals surface area contributed by atoms with E-state index >= 15 is 0 Å². The lowest BCUT2D eigenvalue weighted by atomic mass is 9.65. The number of carbonyl (C=O) groups excluding carboxylic acids is 3. The molecule has 202 valence electrons. The topological polar surface area (TPSA) is 96.4 Å². The van der Waals surface area contributed by atoms with Gasteiger partial charge in [-0.3, -0.25) is 14.4 Å². The number of hydrogen-bond acceptors (Lipinski definition) is 6. The van der Waals surface area contributed by atoms with Crippen LogP contribution in [0.4, 0.5) is 5.69 Å². The van der Waals surface area contributed by atoms with E-state index in [9.17, 15) is 19.5 Å². The smallest absolute Gasteiger partial charge is 0.312 e. The molecule has 2 unspecified atom stereocenters. The summed E-state index contributed by atoms with van der Waals surface area (Å²) in [6, 6.07) is 4.29. The van der Waals surface area contributed by atoms with Crippen molar-refractivity contribution in [2.75, 3.05) is 24.7 Å². The molecule has 8 nitrogen and oxygen atoms in total. The quantitative estimate of drug-likeness (QED) is 0.382. The third-order valence-corrected chi connectivity index (χ3v) is 8.76. The number of anilines is 1. The average Bonchev–Trinajstić information content (AvgIpc) is 3.48. The van der Waals surface area contributed by atoms with E-state index in [-0.39, 0.29) is 31.6 Å². The van der Waals surface area contributed by atoms with E-state index in [0.29, 0.717) is 25.7 Å². The largest absolute Gasteiger partial charge is 0.466 e. The molecule has 1 aromatic carbocycles. The molecule has 1 spiro atoms. The summed E-state index contributed by atoms with van der Waals surface area (Å²) in [5, 5.41) is 10.3. The minimum atomic E-state index is -1.17. The number of aliphatic hydroxyl groups is 1. The second-order valence-corrected chi connectivity index (χ2v) is 10.6. The van der Waals surface area contributed by atoms with Crippen molar-refractivity contribution in [2.24, 2.45) is 11.8 Å². The lowest BCUT2D eigenvalue weighted by Crippen LogP contribution is -2.59. The zero-order chi connectivity index (χ0) is 27.1. The summed E-state index contributed by atoms with van der Waals surface area (Å²) in [6.45, 7) is 13.5. The monoisotopic (exact) mass is 512 g/mol. The standard InChI is InChI=1S/C29H40N2O6/c1-7-16-30(23-18(5)12-11-13-19(23)6)26(34)24-29-15-14-28(9-3,37-29)22(27(35)36-10-4)21(29)25(33)31(24)20(8-2)17-32/h7,11-13,20-22,24,32H,1,8-10,14-17H2,2-6H3/t20-,21-,22-,24?,28+,29?/m0/s1. The minimum Gasteiger partial charge on any atom is -0.466 e. The summed E-state index contributed by atoms with van der Waals surface area (Å²) >= 11 is 0. The van der Waals surface area contributed by atoms with Crippen LogP contribution in [-0.4, -0.2) is 70.8 Å². The van der Waals surface area contributed by atoms with Crippen LogP contribution in [0.5, 0.6) is 0 Å². The fourth-order valence-electron chi connectivity index (χ4n) is 7.13. The number of amides is 2. The number of para-hydroxylation sites is 1. The van der Waals surface area contributed by atoms with Crippen LogP contribution in [0.15, 0.2) is 30.9 Å². The number of fused-ring (bicyclic) bond motifs is 1. The number of carbonyl (C=O) groups is 3. The van der Waals surface area contributed by atoms with E-state index in [4.69, 9.17) is 9.47 Å². The molecule has 1 aromatic rings. The van der Waals surface area contributed by atoms with E-state index in [1.54, 1.807) is 17.9 Å². The van der Waals surface area contributed by atoms with Crippen molar-refractivity contribution in [1.29, 1.82) is 0 Å². The number of likely N-dealkylation sites (tertiary alicyclic amines) is 1. The van der Waals surface area contributed by atoms with Crippen LogP contribution in [0.2, 0.25) is 0 Å². The van der Waals surface area contributed by atoms with Crippen molar-refractivity contribution >= 4 is 23.5 Å². The van der Waals surface area contributed by atoms with Crippen molar-refractivity contribution in [3.63, 3.8) is 0 Å². The first-order chi connectivity index (χ1) is 17.7. The number of aryl methyl sites for hydroxylation is 2. The van der Waals surface area contributed by atoms with Gasteiger partial charge in [0.25, 0.3) is 5.91 Å². The summed E-state index contributed by atoms with van der Waals surface area (Å²) in [7, 11) is 0. The highest BCUT2D eigenvalue weighted by molar-refractivity contribution is 6.05. The normalized spacial score (nSPS) is 30.8. The van der Waals surface area contributed by atoms with Crippen molar-refractivity contribution in [3.05, 3.63) is 42.0 Å². The molecule has 37 heavy (non-hydrogen) atoms. The Kier molecular flexibility index (Phi) is 7.55. The molecule has 3 saturated heterocycles. The first-order valence-corrected chi connectivity index (χ1v) is 13.5. The molecule has 8 heteroatoms. The molecule has 0 aromatic heterocycles. The summed E-state index contributed by atoms with van der Waals surface area (Å²) in [4.78, 5) is 45.4. The maximum absolute atomic E-state index is 14.7. The van der Waals surface area contributed by atoms with Gasteiger partial charge in [-0.25, -0.2) is 0 Å². The van der Waals surface area contributed by atoms with E-state index in [0.717, 1.165) is 16.8 Å². The first kappa shape index (κ1) is 27.3. The fourth-order valence-corrected chi connectivity index (χ4v) is 7.13. The van der Waals surface area contributed by atoms with Gasteiger partial charge in [0.15, 0.2) is 0 Å². The Hall–Kier alpha value is -2.71. The number of ether oxygens (including phenoxy) is 2. The van der Waals surface area contributed by atoms with Crippen LogP contribution < -0.4 is 4.90 Å². The Labute approximate surface area is 219 Å². The van der Waals surface area contributed by atoms with Gasteiger partial charge in [0.1, 0.15) is 17.6 Å². The predicted octanol–water partition coefficient (Wildman–Crippen LogP) is 3.31. The maximum Gasteiger partial charge on any atom is 0.312 e. The average molecular weight is 513 g/mol. The Balaban J connectivity index is 1.90. The SMILES string of the molecule is C=CCN(C(=O)C1N([C@@H](CC)CO)C(=O)[C@@H]2[C@@H](C(=O)OCC)[C@@]3(CC)CCC12O3)c1c(C)cccc1C. The van der Waals surface area contributed by atoms with Gasteiger partial charge in [0.05, 0.1) is 30.8 Å². The van der Waals surface area contributed by atoms with Gasteiger partial charge in [-0.2, -0.15) is 0 Å². The zero-order valence-corrected chi connectivity index (χ0v) is 22.7. The van der Waals surface area contributed by atoms with Gasteiger partial charge in [-0.15, -0.1) is 6.58 Å². The van der Waals surface area contributed by atoms with Crippen LogP contribution >= 0.6 is 0 Å². The number of esters is 1. The van der Waals surface area contributed by atoms with Crippen molar-refractivity contribution in [3.8, 4) is 0 Å². The molecule has 3 fully saturated rings. The first-order valence-electron chi connectivity index (χ1n) is 13.5. The molecule has 1 N–H and O–H groups in total. The van der Waals surface area contributed by atoms with Crippen molar-refractivity contribution in [1.82, 2.24) is 4.90 Å². The van der Waals surface area contributed by atoms with E-state index in [1.807, 2.05) is 45.9 Å². The van der Waals surface area contributed by atoms with Gasteiger partial charge in [-0.1, -0.05) is 38.1 Å². The molecule has 3 aliphatic heterocycles. The highest BCUT2D eigenvalue weighted by Crippen LogP contribution is 2.65. The molecule has 0 saturated carbocycles. The Morgan fingerprint density at radius 3 is 2.49 bits per heavy atom. The third-order valence-electron chi connectivity index (χ3n) is 8.76. The fraction of sp³-hybridized carbons (Fsp3) is 0.621. The number of aliphatic hydroxyl groups excluding tert-OH is 1. The summed E-state index contributed by atoms with van der Waals surface area (Å²) in [6.07, 6.45) is 3.72.